The van der Waals surface area contributed by atoms with Crippen LogP contribution in [0.15, 0.2) is 66.0 Å². The molecule has 0 unspecified atom stereocenters. The van der Waals surface area contributed by atoms with Crippen molar-refractivity contribution in [2.75, 3.05) is 0 Å². The van der Waals surface area contributed by atoms with Crippen LogP contribution in [0.2, 0.25) is 0 Å². The van der Waals surface area contributed by atoms with E-state index in [1.165, 1.54) is 12.3 Å². The zero-order valence-corrected chi connectivity index (χ0v) is 14.9. The second kappa shape index (κ2) is 6.93. The van der Waals surface area contributed by atoms with E-state index in [2.05, 4.69) is 19.7 Å². The lowest BCUT2D eigenvalue weighted by Crippen LogP contribution is -2.31. The molecule has 1 aliphatic carbocycles. The predicted molar refractivity (Wildman–Crippen MR) is 97.7 cm³/mol. The molecule has 26 heavy (non-hydrogen) atoms. The van der Waals surface area contributed by atoms with Crippen LogP contribution < -0.4 is 4.72 Å². The first-order valence-corrected chi connectivity index (χ1v) is 9.95. The SMILES string of the molecule is O=S(=O)(N[C@@H]1CCCc2nc(-c3ccccc3)ncc21)c1cccnc1. The highest BCUT2D eigenvalue weighted by molar-refractivity contribution is 7.89. The molecule has 132 valence electrons. The fraction of sp³-hybridized carbons (Fsp3) is 0.211. The standard InChI is InChI=1S/C19H18N4O2S/c24-26(25,15-8-5-11-20-12-15)23-18-10-4-9-17-16(18)13-21-19(22-17)14-6-2-1-3-7-14/h1-3,5-8,11-13,18,23H,4,9-10H2/t18-/m1/s1. The predicted octanol–water partition coefficient (Wildman–Crippen LogP) is 2.89. The van der Waals surface area contributed by atoms with E-state index < -0.39 is 10.0 Å². The minimum Gasteiger partial charge on any atom is -0.263 e. The molecule has 0 saturated heterocycles. The Morgan fingerprint density at radius 1 is 1.04 bits per heavy atom. The van der Waals surface area contributed by atoms with Crippen molar-refractivity contribution in [3.63, 3.8) is 0 Å². The van der Waals surface area contributed by atoms with Gasteiger partial charge in [-0.15, -0.1) is 0 Å². The molecule has 6 nitrogen and oxygen atoms in total. The number of nitrogens with zero attached hydrogens (tertiary/aromatic N) is 3. The normalized spacial score (nSPS) is 16.8. The van der Waals surface area contributed by atoms with Gasteiger partial charge in [-0.25, -0.2) is 23.1 Å². The average molecular weight is 366 g/mol. The van der Waals surface area contributed by atoms with Crippen LogP contribution in [0, 0.1) is 0 Å². The first-order chi connectivity index (χ1) is 12.6. The van der Waals surface area contributed by atoms with E-state index in [1.807, 2.05) is 30.3 Å². The van der Waals surface area contributed by atoms with Gasteiger partial charge in [0.15, 0.2) is 5.82 Å². The number of nitrogens with one attached hydrogen (secondary N) is 1. The third kappa shape index (κ3) is 3.36. The highest BCUT2D eigenvalue weighted by atomic mass is 32.2. The van der Waals surface area contributed by atoms with Crippen LogP contribution in [0.3, 0.4) is 0 Å². The van der Waals surface area contributed by atoms with Gasteiger partial charge in [-0.2, -0.15) is 0 Å². The van der Waals surface area contributed by atoms with Crippen molar-refractivity contribution >= 4 is 10.0 Å². The van der Waals surface area contributed by atoms with E-state index in [0.717, 1.165) is 36.1 Å². The second-order valence-corrected chi connectivity index (χ2v) is 7.93. The smallest absolute Gasteiger partial charge is 0.242 e. The van der Waals surface area contributed by atoms with Gasteiger partial charge in [0.1, 0.15) is 4.90 Å². The second-order valence-electron chi connectivity index (χ2n) is 6.22. The van der Waals surface area contributed by atoms with E-state index in [1.54, 1.807) is 18.5 Å². The summed E-state index contributed by atoms with van der Waals surface area (Å²) < 4.78 is 28.0. The summed E-state index contributed by atoms with van der Waals surface area (Å²) in [6.07, 6.45) is 7.07. The number of aromatic nitrogens is 3. The lowest BCUT2D eigenvalue weighted by Gasteiger charge is -2.25. The molecular formula is C19H18N4O2S. The molecule has 2 aromatic heterocycles. The quantitative estimate of drug-likeness (QED) is 0.767. The van der Waals surface area contributed by atoms with Crippen molar-refractivity contribution < 1.29 is 8.42 Å². The third-order valence-electron chi connectivity index (χ3n) is 4.46. The van der Waals surface area contributed by atoms with Crippen molar-refractivity contribution in [1.29, 1.82) is 0 Å². The van der Waals surface area contributed by atoms with E-state index in [0.29, 0.717) is 5.82 Å². The fourth-order valence-electron chi connectivity index (χ4n) is 3.16. The fourth-order valence-corrected chi connectivity index (χ4v) is 4.37. The van der Waals surface area contributed by atoms with Gasteiger partial charge in [0, 0.05) is 35.4 Å². The number of pyridine rings is 1. The molecule has 0 radical (unpaired) electrons. The van der Waals surface area contributed by atoms with E-state index in [4.69, 9.17) is 0 Å². The Kier molecular flexibility index (Phi) is 4.48. The average Bonchev–Trinajstić information content (AvgIpc) is 2.69. The van der Waals surface area contributed by atoms with Crippen molar-refractivity contribution in [3.8, 4) is 11.4 Å². The Balaban J connectivity index is 1.64. The lowest BCUT2D eigenvalue weighted by atomic mass is 9.93. The highest BCUT2D eigenvalue weighted by Crippen LogP contribution is 2.30. The number of aryl methyl sites for hydroxylation is 1. The topological polar surface area (TPSA) is 84.8 Å². The molecule has 1 atom stereocenters. The maximum Gasteiger partial charge on any atom is 0.242 e. The van der Waals surface area contributed by atoms with Gasteiger partial charge < -0.3 is 0 Å². The summed E-state index contributed by atoms with van der Waals surface area (Å²) in [5.41, 5.74) is 2.71. The number of benzene rings is 1. The molecule has 0 spiro atoms. The molecule has 7 heteroatoms. The summed E-state index contributed by atoms with van der Waals surface area (Å²) in [5, 5.41) is 0. The van der Waals surface area contributed by atoms with Gasteiger partial charge in [-0.05, 0) is 31.4 Å². The van der Waals surface area contributed by atoms with Gasteiger partial charge >= 0.3 is 0 Å². The number of rotatable bonds is 4. The molecule has 1 N–H and O–H groups in total. The molecule has 0 fully saturated rings. The zero-order chi connectivity index (χ0) is 18.0. The summed E-state index contributed by atoms with van der Waals surface area (Å²) in [5.74, 6) is 0.667. The molecule has 1 aliphatic rings. The Bertz CT molecular complexity index is 1010. The molecule has 0 aliphatic heterocycles. The monoisotopic (exact) mass is 366 g/mol. The van der Waals surface area contributed by atoms with E-state index in [-0.39, 0.29) is 10.9 Å². The molecule has 2 heterocycles. The van der Waals surface area contributed by atoms with Crippen molar-refractivity contribution in [3.05, 3.63) is 72.3 Å². The van der Waals surface area contributed by atoms with Crippen LogP contribution in [0.4, 0.5) is 0 Å². The minimum atomic E-state index is -3.63. The number of hydrogen-bond donors (Lipinski definition) is 1. The highest BCUT2D eigenvalue weighted by Gasteiger charge is 2.27. The molecule has 0 bridgehead atoms. The van der Waals surface area contributed by atoms with Crippen LogP contribution in [-0.2, 0) is 16.4 Å². The molecule has 0 amide bonds. The van der Waals surface area contributed by atoms with Gasteiger partial charge in [-0.1, -0.05) is 30.3 Å². The summed E-state index contributed by atoms with van der Waals surface area (Å²) in [6.45, 7) is 0. The largest absolute Gasteiger partial charge is 0.263 e. The van der Waals surface area contributed by atoms with Gasteiger partial charge in [0.05, 0.1) is 6.04 Å². The van der Waals surface area contributed by atoms with Crippen LogP contribution in [-0.4, -0.2) is 23.4 Å². The number of sulfonamides is 1. The minimum absolute atomic E-state index is 0.161. The Hall–Kier alpha value is -2.64. The van der Waals surface area contributed by atoms with Gasteiger partial charge in [-0.3, -0.25) is 4.98 Å². The number of hydrogen-bond acceptors (Lipinski definition) is 5. The van der Waals surface area contributed by atoms with Crippen LogP contribution >= 0.6 is 0 Å². The third-order valence-corrected chi connectivity index (χ3v) is 5.91. The van der Waals surface area contributed by atoms with E-state index >= 15 is 0 Å². The molecule has 0 saturated carbocycles. The van der Waals surface area contributed by atoms with E-state index in [9.17, 15) is 8.42 Å². The Labute approximate surface area is 152 Å². The van der Waals surface area contributed by atoms with Crippen LogP contribution in [0.5, 0.6) is 0 Å². The van der Waals surface area contributed by atoms with Gasteiger partial charge in [0.25, 0.3) is 0 Å². The molecule has 3 aromatic rings. The molecular weight excluding hydrogens is 348 g/mol. The maximum atomic E-state index is 12.6. The first-order valence-electron chi connectivity index (χ1n) is 8.47. The zero-order valence-electron chi connectivity index (χ0n) is 14.0. The Morgan fingerprint density at radius 3 is 2.65 bits per heavy atom. The summed E-state index contributed by atoms with van der Waals surface area (Å²) in [6, 6.07) is 12.6. The molecule has 4 rings (SSSR count). The molecule has 1 aromatic carbocycles. The number of fused-ring (bicyclic) bond motifs is 1. The van der Waals surface area contributed by atoms with Crippen molar-refractivity contribution in [2.24, 2.45) is 0 Å². The van der Waals surface area contributed by atoms with Crippen molar-refractivity contribution in [1.82, 2.24) is 19.7 Å². The summed E-state index contributed by atoms with van der Waals surface area (Å²) in [7, 11) is -3.63. The Morgan fingerprint density at radius 2 is 1.88 bits per heavy atom. The summed E-state index contributed by atoms with van der Waals surface area (Å²) >= 11 is 0. The van der Waals surface area contributed by atoms with Crippen LogP contribution in [0.1, 0.15) is 30.1 Å². The lowest BCUT2D eigenvalue weighted by molar-refractivity contribution is 0.500. The first kappa shape index (κ1) is 16.8. The summed E-state index contributed by atoms with van der Waals surface area (Å²) in [4.78, 5) is 13.2. The van der Waals surface area contributed by atoms with Crippen molar-refractivity contribution in [2.45, 2.75) is 30.2 Å². The maximum absolute atomic E-state index is 12.6. The van der Waals surface area contributed by atoms with Crippen LogP contribution in [0.25, 0.3) is 11.4 Å². The van der Waals surface area contributed by atoms with Gasteiger partial charge in [0.2, 0.25) is 10.0 Å².